The second kappa shape index (κ2) is 9.77. The van der Waals surface area contributed by atoms with Crippen LogP contribution in [0, 0.1) is 0 Å². The van der Waals surface area contributed by atoms with E-state index in [-0.39, 0.29) is 12.3 Å². The van der Waals surface area contributed by atoms with Crippen LogP contribution in [0.3, 0.4) is 0 Å². The van der Waals surface area contributed by atoms with Gasteiger partial charge in [-0.3, -0.25) is 9.13 Å². The zero-order valence-electron chi connectivity index (χ0n) is 19.9. The number of rotatable bonds is 9. The molecule has 180 valence electrons. The van der Waals surface area contributed by atoms with E-state index in [0.717, 1.165) is 53.0 Å². The molecule has 3 aromatic carbocycles. The van der Waals surface area contributed by atoms with Crippen LogP contribution < -0.4 is 15.7 Å². The minimum Gasteiger partial charge on any atom is -0.491 e. The molecule has 0 spiro atoms. The number of aliphatic hydroxyl groups excluding tert-OH is 1. The van der Waals surface area contributed by atoms with Crippen molar-refractivity contribution in [1.82, 2.24) is 24.4 Å². The number of aliphatic hydroxyl groups is 1. The van der Waals surface area contributed by atoms with Crippen molar-refractivity contribution in [2.45, 2.75) is 19.1 Å². The van der Waals surface area contributed by atoms with Crippen LogP contribution >= 0.6 is 0 Å². The van der Waals surface area contributed by atoms with E-state index in [9.17, 15) is 9.90 Å². The first kappa shape index (κ1) is 22.9. The number of imidazole rings is 2. The first-order chi connectivity index (χ1) is 17.0. The first-order valence-corrected chi connectivity index (χ1v) is 11.7. The molecular weight excluding hydrogens is 442 g/mol. The molecule has 0 fully saturated rings. The molecule has 2 aromatic heterocycles. The Hall–Kier alpha value is -3.88. The van der Waals surface area contributed by atoms with Crippen molar-refractivity contribution in [3.63, 3.8) is 0 Å². The average Bonchev–Trinajstić information content (AvgIpc) is 3.40. The summed E-state index contributed by atoms with van der Waals surface area (Å²) in [6.45, 7) is 1.70. The predicted octanol–water partition coefficient (Wildman–Crippen LogP) is 3.20. The molecule has 3 N–H and O–H groups in total. The summed E-state index contributed by atoms with van der Waals surface area (Å²) < 4.78 is 8.98. The minimum atomic E-state index is -0.797. The van der Waals surface area contributed by atoms with E-state index in [1.54, 1.807) is 23.2 Å². The third kappa shape index (κ3) is 4.84. The molecule has 8 heteroatoms. The van der Waals surface area contributed by atoms with Crippen LogP contribution in [0.25, 0.3) is 22.1 Å². The summed E-state index contributed by atoms with van der Waals surface area (Å²) in [4.78, 5) is 20.1. The van der Waals surface area contributed by atoms with E-state index in [2.05, 4.69) is 15.3 Å². The zero-order chi connectivity index (χ0) is 24.4. The van der Waals surface area contributed by atoms with Crippen molar-refractivity contribution in [2.24, 2.45) is 14.1 Å². The Bertz CT molecular complexity index is 1480. The average molecular weight is 472 g/mol. The molecule has 5 aromatic rings. The quantitative estimate of drug-likeness (QED) is 0.287. The maximum absolute atomic E-state index is 12.1. The van der Waals surface area contributed by atoms with Gasteiger partial charge in [0, 0.05) is 33.6 Å². The Morgan fingerprint density at radius 2 is 1.80 bits per heavy atom. The summed E-state index contributed by atoms with van der Waals surface area (Å²) in [6.07, 6.45) is 0.0331. The van der Waals surface area contributed by atoms with Crippen LogP contribution in [0.2, 0.25) is 0 Å². The molecule has 0 saturated heterocycles. The number of hydrogen-bond acceptors (Lipinski definition) is 5. The zero-order valence-corrected chi connectivity index (χ0v) is 19.9. The van der Waals surface area contributed by atoms with Crippen LogP contribution in [-0.2, 0) is 27.1 Å². The fraction of sp³-hybridized carbons (Fsp3) is 0.259. The molecule has 0 aliphatic heterocycles. The number of aromatic amines is 1. The largest absolute Gasteiger partial charge is 0.491 e. The fourth-order valence-electron chi connectivity index (χ4n) is 4.27. The van der Waals surface area contributed by atoms with Gasteiger partial charge >= 0.3 is 5.69 Å². The highest BCUT2D eigenvalue weighted by molar-refractivity contribution is 5.77. The molecule has 0 bridgehead atoms. The molecule has 0 unspecified atom stereocenters. The predicted molar refractivity (Wildman–Crippen MR) is 137 cm³/mol. The Labute approximate surface area is 202 Å². The second-order valence-corrected chi connectivity index (χ2v) is 8.75. The van der Waals surface area contributed by atoms with Crippen molar-refractivity contribution in [3.05, 3.63) is 94.2 Å². The van der Waals surface area contributed by atoms with Crippen molar-refractivity contribution in [1.29, 1.82) is 0 Å². The van der Waals surface area contributed by atoms with Crippen LogP contribution in [-0.4, -0.2) is 37.4 Å². The summed E-state index contributed by atoms with van der Waals surface area (Å²) in [5, 5.41) is 14.1. The molecule has 0 aliphatic rings. The Balaban J connectivity index is 1.10. The second-order valence-electron chi connectivity index (χ2n) is 8.75. The van der Waals surface area contributed by atoms with Crippen molar-refractivity contribution >= 4 is 22.1 Å². The summed E-state index contributed by atoms with van der Waals surface area (Å²) in [5.41, 5.74) is 5.44. The summed E-state index contributed by atoms with van der Waals surface area (Å²) >= 11 is 0. The monoisotopic (exact) mass is 471 g/mol. The maximum atomic E-state index is 12.1. The van der Waals surface area contributed by atoms with E-state index >= 15 is 0 Å². The van der Waals surface area contributed by atoms with Crippen LogP contribution in [0.4, 0.5) is 0 Å². The summed E-state index contributed by atoms with van der Waals surface area (Å²) in [6, 6.07) is 21.4. The molecule has 1 atom stereocenters. The van der Waals surface area contributed by atoms with Gasteiger partial charge in [0.05, 0.1) is 22.1 Å². The highest BCUT2D eigenvalue weighted by Gasteiger charge is 2.13. The van der Waals surface area contributed by atoms with Crippen molar-refractivity contribution in [2.75, 3.05) is 13.2 Å². The smallest absolute Gasteiger partial charge is 0.328 e. The van der Waals surface area contributed by atoms with Crippen molar-refractivity contribution < 1.29 is 9.84 Å². The molecule has 0 aliphatic carbocycles. The molecule has 0 saturated carbocycles. The summed E-state index contributed by atoms with van der Waals surface area (Å²) in [5.74, 6) is 1.68. The van der Waals surface area contributed by atoms with Crippen molar-refractivity contribution in [3.8, 4) is 5.75 Å². The van der Waals surface area contributed by atoms with Gasteiger partial charge in [0.1, 0.15) is 24.3 Å². The molecule has 5 rings (SSSR count). The lowest BCUT2D eigenvalue weighted by Gasteiger charge is -2.13. The molecular formula is C27H29N5O3. The highest BCUT2D eigenvalue weighted by Crippen LogP contribution is 2.21. The SMILES string of the molecule is Cn1c(=O)n(C)c2cc([C@@H](O)COc3ccc(CNCCc4nc5ccccc5[nH]4)cc3)ccc21. The van der Waals surface area contributed by atoms with E-state index < -0.39 is 6.10 Å². The first-order valence-electron chi connectivity index (χ1n) is 11.7. The maximum Gasteiger partial charge on any atom is 0.328 e. The Morgan fingerprint density at radius 3 is 2.60 bits per heavy atom. The molecule has 2 heterocycles. The number of H-pyrrole nitrogens is 1. The molecule has 8 nitrogen and oxygen atoms in total. The van der Waals surface area contributed by atoms with Gasteiger partial charge in [-0.1, -0.05) is 30.3 Å². The van der Waals surface area contributed by atoms with Gasteiger partial charge in [-0.15, -0.1) is 0 Å². The van der Waals surface area contributed by atoms with Gasteiger partial charge in [0.15, 0.2) is 0 Å². The number of fused-ring (bicyclic) bond motifs is 2. The normalized spacial score (nSPS) is 12.4. The minimum absolute atomic E-state index is 0.0907. The number of aromatic nitrogens is 4. The lowest BCUT2D eigenvalue weighted by molar-refractivity contribution is 0.108. The molecule has 35 heavy (non-hydrogen) atoms. The van der Waals surface area contributed by atoms with Gasteiger partial charge in [-0.05, 0) is 47.5 Å². The van der Waals surface area contributed by atoms with E-state index in [1.807, 2.05) is 66.7 Å². The standard InChI is InChI=1S/C27H29N5O3/c1-31-23-12-9-19(15-24(23)32(2)27(31)34)25(33)17-35-20-10-7-18(8-11-20)16-28-14-13-26-29-21-5-3-4-6-22(21)30-26/h3-12,15,25,28,33H,13-14,16-17H2,1-2H3,(H,29,30)/t25-/m0/s1. The van der Waals surface area contributed by atoms with Gasteiger partial charge < -0.3 is 20.1 Å². The van der Waals surface area contributed by atoms with Gasteiger partial charge in [0.2, 0.25) is 0 Å². The van der Waals surface area contributed by atoms with Gasteiger partial charge in [0.25, 0.3) is 0 Å². The molecule has 0 amide bonds. The highest BCUT2D eigenvalue weighted by atomic mass is 16.5. The number of para-hydroxylation sites is 2. The number of hydrogen-bond donors (Lipinski definition) is 3. The number of nitrogens with one attached hydrogen (secondary N) is 2. The van der Waals surface area contributed by atoms with Crippen LogP contribution in [0.5, 0.6) is 5.75 Å². The Kier molecular flexibility index (Phi) is 6.39. The third-order valence-electron chi connectivity index (χ3n) is 6.32. The number of nitrogens with zero attached hydrogens (tertiary/aromatic N) is 3. The Morgan fingerprint density at radius 1 is 1.03 bits per heavy atom. The van der Waals surface area contributed by atoms with Crippen LogP contribution in [0.1, 0.15) is 23.1 Å². The topological polar surface area (TPSA) is 97.1 Å². The summed E-state index contributed by atoms with van der Waals surface area (Å²) in [7, 11) is 3.47. The van der Waals surface area contributed by atoms with E-state index in [0.29, 0.717) is 11.3 Å². The third-order valence-corrected chi connectivity index (χ3v) is 6.32. The van der Waals surface area contributed by atoms with E-state index in [1.165, 1.54) is 0 Å². The number of aryl methyl sites for hydroxylation is 2. The van der Waals surface area contributed by atoms with Crippen LogP contribution in [0.15, 0.2) is 71.5 Å². The lowest BCUT2D eigenvalue weighted by Crippen LogP contribution is -2.19. The van der Waals surface area contributed by atoms with Gasteiger partial charge in [-0.2, -0.15) is 0 Å². The number of ether oxygens (including phenoxy) is 1. The van der Waals surface area contributed by atoms with Gasteiger partial charge in [-0.25, -0.2) is 9.78 Å². The molecule has 0 radical (unpaired) electrons. The lowest BCUT2D eigenvalue weighted by atomic mass is 10.1. The fourth-order valence-corrected chi connectivity index (χ4v) is 4.27. The van der Waals surface area contributed by atoms with E-state index in [4.69, 9.17) is 4.74 Å². The number of benzene rings is 3.